The quantitative estimate of drug-likeness (QED) is 0.475. The molecule has 1 rings (SSSR count). The molecule has 4 nitrogen and oxygen atoms in total. The summed E-state index contributed by atoms with van der Waals surface area (Å²) in [6.45, 7) is 0. The lowest BCUT2D eigenvalue weighted by Gasteiger charge is -1.95. The van der Waals surface area contributed by atoms with Crippen molar-refractivity contribution in [2.24, 2.45) is 0 Å². The van der Waals surface area contributed by atoms with Crippen LogP contribution in [0, 0.1) is 0 Å². The molecule has 0 bridgehead atoms. The fraction of sp³-hybridized carbons (Fsp3) is 0. The summed E-state index contributed by atoms with van der Waals surface area (Å²) in [5.41, 5.74) is 0.943. The van der Waals surface area contributed by atoms with E-state index in [4.69, 9.17) is 10.0 Å². The number of hydrogen-bond donors (Lipinski definition) is 3. The van der Waals surface area contributed by atoms with Gasteiger partial charge < -0.3 is 20.9 Å². The number of rotatable bonds is 3. The van der Waals surface area contributed by atoms with Gasteiger partial charge in [-0.25, -0.2) is 0 Å². The van der Waals surface area contributed by atoms with Crippen LogP contribution in [0.25, 0.3) is 6.08 Å². The van der Waals surface area contributed by atoms with E-state index in [0.717, 1.165) is 5.56 Å². The fourth-order valence-electron chi connectivity index (χ4n) is 0.752. The maximum atomic E-state index is 8.31. The molecule has 0 atom stereocenters. The smallest absolute Gasteiger partial charge is 0.518 e. The molecule has 5 heteroatoms. The Bertz CT molecular complexity index is 251. The Labute approximate surface area is 77.2 Å². The zero-order valence-electron chi connectivity index (χ0n) is 7.13. The molecule has 70 valence electrons. The van der Waals surface area contributed by atoms with E-state index in [0.29, 0.717) is 0 Å². The molecule has 0 saturated heterocycles. The summed E-state index contributed by atoms with van der Waals surface area (Å²) in [6.07, 6.45) is 2.87. The van der Waals surface area contributed by atoms with E-state index in [-0.39, 0.29) is 6.15 Å². The molecule has 1 aromatic rings. The van der Waals surface area contributed by atoms with Gasteiger partial charge in [0.25, 0.3) is 0 Å². The number of hydrogen-bond acceptors (Lipinski definition) is 4. The lowest BCUT2D eigenvalue weighted by Crippen LogP contribution is -2.12. The summed E-state index contributed by atoms with van der Waals surface area (Å²) in [6, 6.07) is 9.43. The predicted molar refractivity (Wildman–Crippen MR) is 51.8 cm³/mol. The summed E-state index contributed by atoms with van der Waals surface area (Å²) in [7, 11) is -1.75. The largest absolute Gasteiger partial charge is 0.707 e. The van der Waals surface area contributed by atoms with Crippen LogP contribution in [0.5, 0.6) is 0 Å². The summed E-state index contributed by atoms with van der Waals surface area (Å²) < 4.78 is 4.38. The van der Waals surface area contributed by atoms with Crippen molar-refractivity contribution < 1.29 is 14.7 Å². The van der Waals surface area contributed by atoms with Crippen molar-refractivity contribution in [1.82, 2.24) is 6.15 Å². The average molecular weight is 181 g/mol. The lowest BCUT2D eigenvalue weighted by atomic mass is 10.2. The second-order valence-electron chi connectivity index (χ2n) is 2.18. The van der Waals surface area contributed by atoms with Gasteiger partial charge in [-0.15, -0.1) is 0 Å². The Morgan fingerprint density at radius 3 is 2.31 bits per heavy atom. The Morgan fingerprint density at radius 2 is 1.77 bits per heavy atom. The first-order chi connectivity index (χ1) is 5.79. The SMILES string of the molecule is N.OB(O)OC=Cc1ccccc1. The molecule has 0 fully saturated rings. The highest BCUT2D eigenvalue weighted by Crippen LogP contribution is 2.00. The van der Waals surface area contributed by atoms with Gasteiger partial charge in [0.2, 0.25) is 0 Å². The standard InChI is InChI=1S/C8H9BO3.H3N/c10-9(11)12-7-6-8-4-2-1-3-5-8;/h1-7,10-11H;1H3. The first-order valence-corrected chi connectivity index (χ1v) is 3.52. The van der Waals surface area contributed by atoms with Gasteiger partial charge in [0, 0.05) is 0 Å². The van der Waals surface area contributed by atoms with Gasteiger partial charge >= 0.3 is 7.32 Å². The summed E-state index contributed by atoms with van der Waals surface area (Å²) in [5.74, 6) is 0. The third kappa shape index (κ3) is 5.03. The third-order valence-corrected chi connectivity index (χ3v) is 1.26. The minimum atomic E-state index is -1.75. The normalized spacial score (nSPS) is 9.38. The van der Waals surface area contributed by atoms with E-state index in [1.165, 1.54) is 6.26 Å². The van der Waals surface area contributed by atoms with Crippen LogP contribution >= 0.6 is 0 Å². The van der Waals surface area contributed by atoms with E-state index in [2.05, 4.69) is 4.65 Å². The van der Waals surface area contributed by atoms with Crippen molar-refractivity contribution >= 4 is 13.4 Å². The van der Waals surface area contributed by atoms with Crippen molar-refractivity contribution in [2.45, 2.75) is 0 Å². The second kappa shape index (κ2) is 6.25. The highest BCUT2D eigenvalue weighted by Gasteiger charge is 2.05. The van der Waals surface area contributed by atoms with Crippen molar-refractivity contribution in [2.75, 3.05) is 0 Å². The van der Waals surface area contributed by atoms with Gasteiger partial charge in [0.1, 0.15) is 0 Å². The van der Waals surface area contributed by atoms with Gasteiger partial charge in [-0.2, -0.15) is 0 Å². The monoisotopic (exact) mass is 181 g/mol. The van der Waals surface area contributed by atoms with Crippen LogP contribution in [0.3, 0.4) is 0 Å². The molecule has 0 aromatic heterocycles. The fourth-order valence-corrected chi connectivity index (χ4v) is 0.752. The second-order valence-corrected chi connectivity index (χ2v) is 2.18. The van der Waals surface area contributed by atoms with Crippen LogP contribution in [0.1, 0.15) is 5.56 Å². The van der Waals surface area contributed by atoms with Crippen LogP contribution in [0.2, 0.25) is 0 Å². The molecule has 0 heterocycles. The van der Waals surface area contributed by atoms with E-state index < -0.39 is 7.32 Å². The van der Waals surface area contributed by atoms with Crippen LogP contribution < -0.4 is 6.15 Å². The lowest BCUT2D eigenvalue weighted by molar-refractivity contribution is 0.258. The van der Waals surface area contributed by atoms with Crippen LogP contribution in [0.4, 0.5) is 0 Å². The molecular formula is C8H12BNO3. The van der Waals surface area contributed by atoms with Gasteiger partial charge in [-0.3, -0.25) is 0 Å². The predicted octanol–water partition coefficient (Wildman–Crippen LogP) is 0.805. The Hall–Kier alpha value is -1.30. The highest BCUT2D eigenvalue weighted by molar-refractivity contribution is 6.32. The van der Waals surface area contributed by atoms with E-state index in [1.54, 1.807) is 6.08 Å². The van der Waals surface area contributed by atoms with Gasteiger partial charge in [-0.1, -0.05) is 30.3 Å². The number of benzene rings is 1. The minimum Gasteiger partial charge on any atom is -0.518 e. The summed E-state index contributed by atoms with van der Waals surface area (Å²) in [5, 5.41) is 16.6. The molecule has 0 spiro atoms. The van der Waals surface area contributed by atoms with Crippen LogP contribution in [0.15, 0.2) is 36.6 Å². The summed E-state index contributed by atoms with van der Waals surface area (Å²) in [4.78, 5) is 0. The van der Waals surface area contributed by atoms with Crippen LogP contribution in [-0.4, -0.2) is 17.4 Å². The van der Waals surface area contributed by atoms with E-state index >= 15 is 0 Å². The van der Waals surface area contributed by atoms with Crippen molar-refractivity contribution in [3.05, 3.63) is 42.2 Å². The molecule has 0 amide bonds. The van der Waals surface area contributed by atoms with E-state index in [9.17, 15) is 0 Å². The molecule has 0 aliphatic rings. The molecule has 0 radical (unpaired) electrons. The first kappa shape index (κ1) is 11.7. The molecule has 13 heavy (non-hydrogen) atoms. The molecular weight excluding hydrogens is 169 g/mol. The van der Waals surface area contributed by atoms with Gasteiger partial charge in [0.05, 0.1) is 6.26 Å². The van der Waals surface area contributed by atoms with Crippen molar-refractivity contribution in [3.63, 3.8) is 0 Å². The highest BCUT2D eigenvalue weighted by atomic mass is 16.6. The maximum absolute atomic E-state index is 8.31. The van der Waals surface area contributed by atoms with Crippen molar-refractivity contribution in [1.29, 1.82) is 0 Å². The molecule has 0 aliphatic heterocycles. The average Bonchev–Trinajstić information content (AvgIpc) is 2.05. The molecule has 1 aromatic carbocycles. The first-order valence-electron chi connectivity index (χ1n) is 3.52. The van der Waals surface area contributed by atoms with Crippen molar-refractivity contribution in [3.8, 4) is 0 Å². The van der Waals surface area contributed by atoms with Crippen LogP contribution in [-0.2, 0) is 4.65 Å². The Balaban J connectivity index is 0.00000144. The van der Waals surface area contributed by atoms with Gasteiger partial charge in [-0.05, 0) is 11.6 Å². The zero-order chi connectivity index (χ0) is 8.81. The van der Waals surface area contributed by atoms with E-state index in [1.807, 2.05) is 30.3 Å². The Kier molecular flexibility index (Phi) is 5.62. The maximum Gasteiger partial charge on any atom is 0.707 e. The molecule has 0 saturated carbocycles. The molecule has 0 unspecified atom stereocenters. The molecule has 5 N–H and O–H groups in total. The topological polar surface area (TPSA) is 84.7 Å². The Morgan fingerprint density at radius 1 is 1.15 bits per heavy atom. The van der Waals surface area contributed by atoms with Gasteiger partial charge in [0.15, 0.2) is 0 Å². The summed E-state index contributed by atoms with van der Waals surface area (Å²) >= 11 is 0. The minimum absolute atomic E-state index is 0. The zero-order valence-corrected chi connectivity index (χ0v) is 7.13. The molecule has 0 aliphatic carbocycles. The third-order valence-electron chi connectivity index (χ3n) is 1.26.